The fourth-order valence-electron chi connectivity index (χ4n) is 2.89. The summed E-state index contributed by atoms with van der Waals surface area (Å²) in [6.07, 6.45) is -2.63. The summed E-state index contributed by atoms with van der Waals surface area (Å²) in [6.45, 7) is 6.83. The Morgan fingerprint density at radius 2 is 1.85 bits per heavy atom. The molecule has 0 amide bonds. The van der Waals surface area contributed by atoms with Crippen LogP contribution >= 0.6 is 0 Å². The predicted octanol–water partition coefficient (Wildman–Crippen LogP) is 4.77. The van der Waals surface area contributed by atoms with E-state index in [-0.39, 0.29) is 11.8 Å². The third-order valence-corrected chi connectivity index (χ3v) is 4.31. The summed E-state index contributed by atoms with van der Waals surface area (Å²) in [5, 5.41) is 3.98. The van der Waals surface area contributed by atoms with Crippen molar-refractivity contribution >= 4 is 0 Å². The molecule has 0 unspecified atom stereocenters. The summed E-state index contributed by atoms with van der Waals surface area (Å²) < 4.78 is 47.5. The zero-order valence-corrected chi connectivity index (χ0v) is 16.4. The van der Waals surface area contributed by atoms with Crippen LogP contribution in [0.2, 0.25) is 0 Å². The summed E-state index contributed by atoms with van der Waals surface area (Å²) in [5.41, 5.74) is 2.34. The molecule has 0 bridgehead atoms. The number of hydrogen-bond acceptors (Lipinski definition) is 5. The van der Waals surface area contributed by atoms with Gasteiger partial charge in [-0.1, -0.05) is 24.2 Å². The average Bonchev–Trinajstić information content (AvgIpc) is 3.01. The minimum Gasteiger partial charge on any atom is -0.484 e. The molecule has 1 heterocycles. The van der Waals surface area contributed by atoms with Crippen LogP contribution in [0.15, 0.2) is 16.7 Å². The lowest BCUT2D eigenvalue weighted by atomic mass is 10.0. The smallest absolute Gasteiger partial charge is 0.422 e. The molecule has 1 aromatic heterocycles. The monoisotopic (exact) mass is 385 g/mol. The molecule has 150 valence electrons. The van der Waals surface area contributed by atoms with E-state index in [1.807, 2.05) is 31.0 Å². The Balaban J connectivity index is 2.07. The first kappa shape index (κ1) is 21.2. The van der Waals surface area contributed by atoms with Gasteiger partial charge in [0.1, 0.15) is 5.75 Å². The van der Waals surface area contributed by atoms with Gasteiger partial charge in [-0.05, 0) is 50.9 Å². The van der Waals surface area contributed by atoms with Crippen molar-refractivity contribution in [3.63, 3.8) is 0 Å². The lowest BCUT2D eigenvalue weighted by Gasteiger charge is -2.23. The average molecular weight is 385 g/mol. The van der Waals surface area contributed by atoms with Crippen LogP contribution in [-0.2, 0) is 13.0 Å². The van der Waals surface area contributed by atoms with Crippen LogP contribution < -0.4 is 4.74 Å². The van der Waals surface area contributed by atoms with E-state index in [1.54, 1.807) is 13.8 Å². The number of halogens is 3. The Morgan fingerprint density at radius 3 is 2.41 bits per heavy atom. The number of ether oxygens (including phenoxy) is 1. The molecule has 0 spiro atoms. The topological polar surface area (TPSA) is 51.4 Å². The molecule has 0 fully saturated rings. The molecule has 0 saturated heterocycles. The van der Waals surface area contributed by atoms with Crippen LogP contribution in [0.3, 0.4) is 0 Å². The highest BCUT2D eigenvalue weighted by molar-refractivity contribution is 5.43. The van der Waals surface area contributed by atoms with Gasteiger partial charge in [-0.3, -0.25) is 4.90 Å². The first-order chi connectivity index (χ1) is 12.6. The van der Waals surface area contributed by atoms with E-state index in [1.165, 1.54) is 0 Å². The Labute approximate surface area is 157 Å². The van der Waals surface area contributed by atoms with Gasteiger partial charge in [0.15, 0.2) is 12.4 Å². The molecule has 1 aromatic carbocycles. The van der Waals surface area contributed by atoms with Gasteiger partial charge < -0.3 is 9.26 Å². The van der Waals surface area contributed by atoms with Crippen molar-refractivity contribution in [1.29, 1.82) is 0 Å². The van der Waals surface area contributed by atoms with Gasteiger partial charge in [-0.2, -0.15) is 18.2 Å². The van der Waals surface area contributed by atoms with Crippen LogP contribution in [0.1, 0.15) is 54.7 Å². The van der Waals surface area contributed by atoms with E-state index >= 15 is 0 Å². The zero-order valence-electron chi connectivity index (χ0n) is 16.4. The summed E-state index contributed by atoms with van der Waals surface area (Å²) in [4.78, 5) is 6.46. The van der Waals surface area contributed by atoms with Gasteiger partial charge in [0.2, 0.25) is 5.89 Å². The maximum Gasteiger partial charge on any atom is 0.422 e. The van der Waals surface area contributed by atoms with Gasteiger partial charge in [-0.25, -0.2) is 0 Å². The summed E-state index contributed by atoms with van der Waals surface area (Å²) >= 11 is 0. The van der Waals surface area contributed by atoms with Crippen molar-refractivity contribution in [3.8, 4) is 5.75 Å². The van der Waals surface area contributed by atoms with E-state index in [9.17, 15) is 13.2 Å². The standard InChI is InChI=1S/C19H26F3N3O2/c1-6-7-16-23-18(27-24-16)14(4)25(5)10-15-8-12(2)17(13(3)9-15)26-11-19(20,21)22/h8-9,14H,6-7,10-11H2,1-5H3/t14-/m1/s1. The van der Waals surface area contributed by atoms with E-state index in [4.69, 9.17) is 9.26 Å². The molecular weight excluding hydrogens is 359 g/mol. The summed E-state index contributed by atoms with van der Waals surface area (Å²) in [6, 6.07) is 3.61. The van der Waals surface area contributed by atoms with Crippen LogP contribution in [0.5, 0.6) is 5.75 Å². The lowest BCUT2D eigenvalue weighted by molar-refractivity contribution is -0.153. The quantitative estimate of drug-likeness (QED) is 0.655. The number of nitrogens with zero attached hydrogens (tertiary/aromatic N) is 3. The first-order valence-corrected chi connectivity index (χ1v) is 8.93. The minimum absolute atomic E-state index is 0.0788. The molecule has 0 radical (unpaired) electrons. The molecule has 0 aliphatic rings. The number of rotatable bonds is 8. The highest BCUT2D eigenvalue weighted by Gasteiger charge is 2.29. The molecule has 2 aromatic rings. The minimum atomic E-state index is -4.35. The van der Waals surface area contributed by atoms with Crippen LogP contribution in [-0.4, -0.2) is 34.9 Å². The second-order valence-electron chi connectivity index (χ2n) is 6.85. The van der Waals surface area contributed by atoms with E-state index < -0.39 is 12.8 Å². The second kappa shape index (κ2) is 8.73. The maximum atomic E-state index is 12.4. The molecule has 2 rings (SSSR count). The molecule has 5 nitrogen and oxygen atoms in total. The highest BCUT2D eigenvalue weighted by Crippen LogP contribution is 2.28. The fraction of sp³-hybridized carbons (Fsp3) is 0.579. The van der Waals surface area contributed by atoms with Crippen molar-refractivity contribution < 1.29 is 22.4 Å². The van der Waals surface area contributed by atoms with Gasteiger partial charge >= 0.3 is 6.18 Å². The van der Waals surface area contributed by atoms with Crippen LogP contribution in [0.25, 0.3) is 0 Å². The normalized spacial score (nSPS) is 13.2. The first-order valence-electron chi connectivity index (χ1n) is 8.93. The molecule has 27 heavy (non-hydrogen) atoms. The molecule has 0 aliphatic carbocycles. The van der Waals surface area contributed by atoms with Crippen molar-refractivity contribution in [2.24, 2.45) is 0 Å². The summed E-state index contributed by atoms with van der Waals surface area (Å²) in [7, 11) is 1.94. The Bertz CT molecular complexity index is 736. The second-order valence-corrected chi connectivity index (χ2v) is 6.85. The van der Waals surface area contributed by atoms with Crippen molar-refractivity contribution in [1.82, 2.24) is 15.0 Å². The predicted molar refractivity (Wildman–Crippen MR) is 95.6 cm³/mol. The SMILES string of the molecule is CCCc1noc([C@@H](C)N(C)Cc2cc(C)c(OCC(F)(F)F)c(C)c2)n1. The third-order valence-electron chi connectivity index (χ3n) is 4.31. The lowest BCUT2D eigenvalue weighted by Crippen LogP contribution is -2.23. The van der Waals surface area contributed by atoms with E-state index in [0.29, 0.717) is 29.4 Å². The van der Waals surface area contributed by atoms with Crippen LogP contribution in [0.4, 0.5) is 13.2 Å². The molecular formula is C19H26F3N3O2. The summed E-state index contributed by atoms with van der Waals surface area (Å²) in [5.74, 6) is 1.54. The Hall–Kier alpha value is -2.09. The number of alkyl halides is 3. The Kier molecular flexibility index (Phi) is 6.86. The highest BCUT2D eigenvalue weighted by atomic mass is 19.4. The van der Waals surface area contributed by atoms with Crippen molar-refractivity contribution in [2.75, 3.05) is 13.7 Å². The van der Waals surface area contributed by atoms with Crippen LogP contribution in [0, 0.1) is 13.8 Å². The van der Waals surface area contributed by atoms with E-state index in [0.717, 1.165) is 18.4 Å². The molecule has 8 heteroatoms. The zero-order chi connectivity index (χ0) is 20.2. The van der Waals surface area contributed by atoms with Gasteiger partial charge in [0, 0.05) is 13.0 Å². The van der Waals surface area contributed by atoms with E-state index in [2.05, 4.69) is 17.1 Å². The number of aromatic nitrogens is 2. The fourth-order valence-corrected chi connectivity index (χ4v) is 2.89. The largest absolute Gasteiger partial charge is 0.484 e. The molecule has 0 N–H and O–H groups in total. The van der Waals surface area contributed by atoms with Crippen molar-refractivity contribution in [3.05, 3.63) is 40.5 Å². The number of aryl methyl sites for hydroxylation is 3. The maximum absolute atomic E-state index is 12.4. The third kappa shape index (κ3) is 5.95. The number of hydrogen-bond donors (Lipinski definition) is 0. The van der Waals surface area contributed by atoms with Gasteiger partial charge in [0.05, 0.1) is 6.04 Å². The number of benzene rings is 1. The molecule has 0 saturated carbocycles. The molecule has 0 aliphatic heterocycles. The van der Waals surface area contributed by atoms with Gasteiger partial charge in [-0.15, -0.1) is 0 Å². The Morgan fingerprint density at radius 1 is 1.22 bits per heavy atom. The van der Waals surface area contributed by atoms with Crippen molar-refractivity contribution in [2.45, 2.75) is 59.3 Å². The molecule has 1 atom stereocenters. The van der Waals surface area contributed by atoms with Gasteiger partial charge in [0.25, 0.3) is 0 Å².